The van der Waals surface area contributed by atoms with Crippen LogP contribution in [0, 0.1) is 10.1 Å². The second kappa shape index (κ2) is 9.42. The fraction of sp³-hybridized carbons (Fsp3) is 0.222. The van der Waals surface area contributed by atoms with E-state index in [1.807, 2.05) is 0 Å². The zero-order valence-electron chi connectivity index (χ0n) is 16.2. The van der Waals surface area contributed by atoms with Crippen molar-refractivity contribution in [2.24, 2.45) is 0 Å². The normalized spacial score (nSPS) is 20.7. The molecule has 3 atom stereocenters. The third-order valence-electron chi connectivity index (χ3n) is 4.55. The Balaban J connectivity index is 0.00000320. The van der Waals surface area contributed by atoms with Crippen LogP contribution < -0.4 is 24.3 Å². The van der Waals surface area contributed by atoms with Gasteiger partial charge in [0.05, 0.1) is 4.92 Å². The van der Waals surface area contributed by atoms with Crippen molar-refractivity contribution in [1.29, 1.82) is 0 Å². The largest absolute Gasteiger partial charge is 1.00 e. The predicted octanol–water partition coefficient (Wildman–Crippen LogP) is -1.52. The summed E-state index contributed by atoms with van der Waals surface area (Å²) in [6.07, 6.45) is -4.40. The first-order chi connectivity index (χ1) is 13.7. The Morgan fingerprint density at radius 1 is 1.07 bits per heavy atom. The molecule has 10 nitrogen and oxygen atoms in total. The number of nitro groups is 1. The number of nitro benzene ring substituents is 1. The van der Waals surface area contributed by atoms with Gasteiger partial charge in [-0.25, -0.2) is 9.59 Å². The van der Waals surface area contributed by atoms with Gasteiger partial charge in [0.15, 0.2) is 0 Å². The third kappa shape index (κ3) is 4.72. The number of benzene rings is 2. The summed E-state index contributed by atoms with van der Waals surface area (Å²) in [7, 11) is 0. The van der Waals surface area contributed by atoms with Gasteiger partial charge >= 0.3 is 37.6 Å². The summed E-state index contributed by atoms with van der Waals surface area (Å²) >= 11 is 0. The van der Waals surface area contributed by atoms with Crippen LogP contribution in [-0.2, 0) is 23.6 Å². The number of hydrogen-bond donors (Lipinski definition) is 2. The van der Waals surface area contributed by atoms with Gasteiger partial charge in [-0.2, -0.15) is 0 Å². The second-order valence-electron chi connectivity index (χ2n) is 6.47. The zero-order valence-corrected chi connectivity index (χ0v) is 16.2. The fourth-order valence-electron chi connectivity index (χ4n) is 3.17. The molecule has 30 heavy (non-hydrogen) atoms. The van der Waals surface area contributed by atoms with Crippen LogP contribution in [-0.4, -0.2) is 46.0 Å². The standard InChI is InChI=1S/C18H17BNO9.Li/c1-11(12-6-3-2-4-7-12)27-19(13-8-5-9-14(10-13)20(25)26)28-15(17(21)22)16(29-19)18(23)24;/h2-11,15-16H,1H3,(H,21,22)(H,23,24);/q-1;+1/t11-,15-,16-;/m1./s1. The van der Waals surface area contributed by atoms with E-state index in [1.165, 1.54) is 18.2 Å². The van der Waals surface area contributed by atoms with Crippen LogP contribution in [0.25, 0.3) is 0 Å². The van der Waals surface area contributed by atoms with Gasteiger partial charge in [0.25, 0.3) is 5.69 Å². The third-order valence-corrected chi connectivity index (χ3v) is 4.55. The molecule has 1 fully saturated rings. The van der Waals surface area contributed by atoms with E-state index < -0.39 is 41.9 Å². The molecule has 2 aromatic rings. The van der Waals surface area contributed by atoms with E-state index in [2.05, 4.69) is 0 Å². The van der Waals surface area contributed by atoms with Crippen LogP contribution >= 0.6 is 0 Å². The number of nitrogens with zero attached hydrogens (tertiary/aromatic N) is 1. The summed E-state index contributed by atoms with van der Waals surface area (Å²) in [5.41, 5.74) is 0.409. The first kappa shape index (κ1) is 23.6. The summed E-state index contributed by atoms with van der Waals surface area (Å²) in [4.78, 5) is 33.6. The molecule has 0 unspecified atom stereocenters. The van der Waals surface area contributed by atoms with Gasteiger partial charge in [-0.15, -0.1) is 5.46 Å². The van der Waals surface area contributed by atoms with Gasteiger partial charge in [0.2, 0.25) is 0 Å². The number of non-ortho nitro benzene ring substituents is 1. The molecule has 0 radical (unpaired) electrons. The van der Waals surface area contributed by atoms with Crippen molar-refractivity contribution in [1.82, 2.24) is 0 Å². The summed E-state index contributed by atoms with van der Waals surface area (Å²) in [6, 6.07) is 13.9. The monoisotopic (exact) mass is 409 g/mol. The molecule has 1 aliphatic rings. The fourth-order valence-corrected chi connectivity index (χ4v) is 3.17. The topological polar surface area (TPSA) is 145 Å². The molecular formula is C18H17BLiNO9. The van der Waals surface area contributed by atoms with Crippen LogP contribution in [0.5, 0.6) is 0 Å². The van der Waals surface area contributed by atoms with Crippen molar-refractivity contribution in [3.05, 3.63) is 70.3 Å². The van der Waals surface area contributed by atoms with Crippen LogP contribution in [0.3, 0.4) is 0 Å². The smallest absolute Gasteiger partial charge is 0.535 e. The summed E-state index contributed by atoms with van der Waals surface area (Å²) in [5.74, 6) is -3.11. The SMILES string of the molecule is C[C@@H](O[B-]1(c2cccc([N+](=O)[O-])c2)O[C@@H](C(=O)O)[C@H](C(=O)O)O1)c1ccccc1.[Li+]. The van der Waals surface area contributed by atoms with Gasteiger partial charge in [-0.1, -0.05) is 42.5 Å². The molecule has 2 N–H and O–H groups in total. The van der Waals surface area contributed by atoms with Gasteiger partial charge in [0.1, 0.15) is 12.2 Å². The Morgan fingerprint density at radius 3 is 2.13 bits per heavy atom. The molecule has 3 rings (SSSR count). The molecule has 0 spiro atoms. The molecule has 0 saturated carbocycles. The van der Waals surface area contributed by atoms with Crippen molar-refractivity contribution < 1.29 is 57.5 Å². The van der Waals surface area contributed by atoms with Gasteiger partial charge < -0.3 is 24.2 Å². The maximum atomic E-state index is 11.5. The van der Waals surface area contributed by atoms with Gasteiger partial charge in [-0.05, 0) is 18.6 Å². The maximum absolute atomic E-state index is 11.5. The summed E-state index contributed by atoms with van der Waals surface area (Å²) in [5, 5.41) is 29.9. The number of aliphatic carboxylic acids is 2. The van der Waals surface area contributed by atoms with E-state index in [-0.39, 0.29) is 30.0 Å². The van der Waals surface area contributed by atoms with E-state index in [4.69, 9.17) is 14.0 Å². The van der Waals surface area contributed by atoms with Crippen molar-refractivity contribution in [3.63, 3.8) is 0 Å². The molecule has 0 bridgehead atoms. The van der Waals surface area contributed by atoms with Crippen molar-refractivity contribution in [2.75, 3.05) is 0 Å². The van der Waals surface area contributed by atoms with Crippen LogP contribution in [0.1, 0.15) is 18.6 Å². The average molecular weight is 409 g/mol. The Bertz CT molecular complexity index is 920. The zero-order chi connectivity index (χ0) is 21.2. The maximum Gasteiger partial charge on any atom is 1.00 e. The van der Waals surface area contributed by atoms with Gasteiger partial charge in [0, 0.05) is 12.2 Å². The van der Waals surface area contributed by atoms with E-state index in [0.29, 0.717) is 5.56 Å². The first-order valence-corrected chi connectivity index (χ1v) is 8.66. The first-order valence-electron chi connectivity index (χ1n) is 8.66. The number of carbonyl (C=O) groups is 2. The molecule has 1 aliphatic heterocycles. The molecule has 0 amide bonds. The van der Waals surface area contributed by atoms with Gasteiger partial charge in [-0.3, -0.25) is 10.1 Å². The van der Waals surface area contributed by atoms with E-state index in [1.54, 1.807) is 37.3 Å². The summed E-state index contributed by atoms with van der Waals surface area (Å²) < 4.78 is 17.0. The van der Waals surface area contributed by atoms with Crippen LogP contribution in [0.4, 0.5) is 5.69 Å². The minimum Gasteiger partial charge on any atom is -0.535 e. The van der Waals surface area contributed by atoms with E-state index in [0.717, 1.165) is 6.07 Å². The second-order valence-corrected chi connectivity index (χ2v) is 6.47. The van der Waals surface area contributed by atoms with Crippen molar-refractivity contribution in [2.45, 2.75) is 25.2 Å². The van der Waals surface area contributed by atoms with E-state index >= 15 is 0 Å². The number of carboxylic acids is 2. The number of hydrogen-bond acceptors (Lipinski definition) is 7. The molecule has 1 heterocycles. The summed E-state index contributed by atoms with van der Waals surface area (Å²) in [6.45, 7) is -1.47. The van der Waals surface area contributed by atoms with E-state index in [9.17, 15) is 29.9 Å². The molecule has 0 aliphatic carbocycles. The molecule has 152 valence electrons. The molecule has 0 aromatic heterocycles. The Hall–Kier alpha value is -2.68. The Kier molecular flexibility index (Phi) is 7.41. The Labute approximate surface area is 183 Å². The minimum absolute atomic E-state index is 0. The number of rotatable bonds is 7. The molecule has 12 heteroatoms. The Morgan fingerprint density at radius 2 is 1.63 bits per heavy atom. The average Bonchev–Trinajstić information content (AvgIpc) is 3.10. The van der Waals surface area contributed by atoms with Crippen LogP contribution in [0.2, 0.25) is 0 Å². The minimum atomic E-state index is -3.12. The molecule has 2 aromatic carbocycles. The predicted molar refractivity (Wildman–Crippen MR) is 99.4 cm³/mol. The molecule has 1 saturated heterocycles. The van der Waals surface area contributed by atoms with Crippen molar-refractivity contribution in [3.8, 4) is 0 Å². The molecular weight excluding hydrogens is 392 g/mol. The number of carboxylic acid groups (broad SMARTS) is 2. The van der Waals surface area contributed by atoms with Crippen molar-refractivity contribution >= 4 is 29.8 Å². The quantitative estimate of drug-likeness (QED) is 0.316. The van der Waals surface area contributed by atoms with Crippen LogP contribution in [0.15, 0.2) is 54.6 Å².